The van der Waals surface area contributed by atoms with Crippen molar-refractivity contribution in [2.75, 3.05) is 5.75 Å². The lowest BCUT2D eigenvalue weighted by Gasteiger charge is -2.49. The molecule has 0 aliphatic carbocycles. The van der Waals surface area contributed by atoms with Crippen molar-refractivity contribution in [2.45, 2.75) is 17.5 Å². The van der Waals surface area contributed by atoms with Crippen LogP contribution in [0.5, 0.6) is 0 Å². The van der Waals surface area contributed by atoms with E-state index in [1.807, 2.05) is 6.07 Å². The number of carboxylic acid groups (broad SMARTS) is 1. The van der Waals surface area contributed by atoms with Crippen molar-refractivity contribution in [1.29, 1.82) is 0 Å². The third-order valence-electron chi connectivity index (χ3n) is 4.08. The van der Waals surface area contributed by atoms with Crippen LogP contribution in [0.1, 0.15) is 11.6 Å². The number of benzene rings is 1. The largest absolute Gasteiger partial charge is 0.477 e. The van der Waals surface area contributed by atoms with Crippen LogP contribution in [0.4, 0.5) is 0 Å². The second-order valence-electron chi connectivity index (χ2n) is 5.58. The predicted octanol–water partition coefficient (Wildman–Crippen LogP) is 0.425. The summed E-state index contributed by atoms with van der Waals surface area (Å²) in [6.07, 6.45) is 0. The molecule has 0 unspecified atom stereocenters. The lowest BCUT2D eigenvalue weighted by Crippen LogP contribution is -2.71. The first-order valence-corrected chi connectivity index (χ1v) is 8.95. The number of hydrogen-bond acceptors (Lipinski definition) is 6. The maximum absolute atomic E-state index is 12.4. The molecule has 1 aromatic rings. The average Bonchev–Trinajstić information content (AvgIpc) is 2.64. The summed E-state index contributed by atoms with van der Waals surface area (Å²) in [4.78, 5) is 37.3. The van der Waals surface area contributed by atoms with Crippen LogP contribution in [-0.4, -0.2) is 50.3 Å². The van der Waals surface area contributed by atoms with Gasteiger partial charge in [-0.1, -0.05) is 42.5 Å². The van der Waals surface area contributed by atoms with E-state index in [2.05, 4.69) is 5.32 Å². The Kier molecular flexibility index (Phi) is 4.89. The molecule has 4 N–H and O–H groups in total. The van der Waals surface area contributed by atoms with Crippen LogP contribution in [0.15, 0.2) is 41.6 Å². The smallest absolute Gasteiger partial charge is 0.352 e. The highest BCUT2D eigenvalue weighted by Crippen LogP contribution is 2.40. The highest BCUT2D eigenvalue weighted by atomic mass is 32.2. The quantitative estimate of drug-likeness (QED) is 0.504. The van der Waals surface area contributed by atoms with Gasteiger partial charge < -0.3 is 16.2 Å². The summed E-state index contributed by atoms with van der Waals surface area (Å²) in [7, 11) is 0. The number of nitrogens with one attached hydrogen (secondary N) is 1. The molecule has 2 heterocycles. The van der Waals surface area contributed by atoms with Crippen molar-refractivity contribution in [3.05, 3.63) is 47.2 Å². The highest BCUT2D eigenvalue weighted by Gasteiger charge is 2.54. The molecular weight excluding hydrogens is 362 g/mol. The first-order chi connectivity index (χ1) is 12.0. The van der Waals surface area contributed by atoms with Crippen LogP contribution in [-0.2, 0) is 14.4 Å². The maximum Gasteiger partial charge on any atom is 0.352 e. The van der Waals surface area contributed by atoms with Crippen molar-refractivity contribution >= 4 is 47.1 Å². The zero-order valence-electron chi connectivity index (χ0n) is 12.9. The topological polar surface area (TPSA) is 113 Å². The number of amides is 2. The Bertz CT molecular complexity index is 781. The zero-order valence-corrected chi connectivity index (χ0v) is 14.5. The van der Waals surface area contributed by atoms with Gasteiger partial charge in [-0.25, -0.2) is 4.79 Å². The van der Waals surface area contributed by atoms with E-state index in [1.54, 1.807) is 24.3 Å². The van der Waals surface area contributed by atoms with E-state index >= 15 is 0 Å². The minimum absolute atomic E-state index is 0.110. The number of β-lactam (4-membered cyclic amide) rings is 1. The summed E-state index contributed by atoms with van der Waals surface area (Å²) >= 11 is 6.19. The zero-order chi connectivity index (χ0) is 18.1. The SMILES string of the molecule is N[C@@H](C(=O)N[C@@H]1C(=O)N2C(C(=O)O)=C(C=S)CS[C@H]12)c1ccccc1. The molecule has 1 fully saturated rings. The molecule has 0 bridgehead atoms. The number of thioether (sulfide) groups is 1. The van der Waals surface area contributed by atoms with E-state index in [4.69, 9.17) is 18.0 Å². The Labute approximate surface area is 153 Å². The van der Waals surface area contributed by atoms with Gasteiger partial charge in [-0.05, 0) is 5.56 Å². The molecule has 2 amide bonds. The number of hydrogen-bond donors (Lipinski definition) is 3. The Morgan fingerprint density at radius 2 is 2.08 bits per heavy atom. The number of carbonyl (C=O) groups is 3. The average molecular weight is 377 g/mol. The van der Waals surface area contributed by atoms with Crippen molar-refractivity contribution < 1.29 is 19.5 Å². The monoisotopic (exact) mass is 377 g/mol. The fraction of sp³-hybridized carbons (Fsp3) is 0.250. The van der Waals surface area contributed by atoms with Gasteiger partial charge in [-0.15, -0.1) is 11.8 Å². The standard InChI is InChI=1S/C16H15N3O4S2/c17-10(8-4-2-1-3-5-8)13(20)18-11-14(21)19-12(16(22)23)9(6-24)7-25-15(11)19/h1-6,10-11,15H,7,17H2,(H,18,20)(H,22,23)/t10-,11-,15-/m1/s1. The fourth-order valence-corrected chi connectivity index (χ4v) is 4.39. The second kappa shape index (κ2) is 6.95. The van der Waals surface area contributed by atoms with Crippen molar-refractivity contribution in [3.8, 4) is 0 Å². The molecule has 0 radical (unpaired) electrons. The lowest BCUT2D eigenvalue weighted by atomic mass is 10.0. The van der Waals surface area contributed by atoms with E-state index in [-0.39, 0.29) is 5.70 Å². The Morgan fingerprint density at radius 1 is 1.40 bits per heavy atom. The van der Waals surface area contributed by atoms with Gasteiger partial charge in [0.2, 0.25) is 5.91 Å². The molecule has 2 aliphatic rings. The van der Waals surface area contributed by atoms with Crippen LogP contribution in [0.2, 0.25) is 0 Å². The fourth-order valence-electron chi connectivity index (χ4n) is 2.79. The van der Waals surface area contributed by atoms with Gasteiger partial charge in [0.15, 0.2) is 0 Å². The summed E-state index contributed by atoms with van der Waals surface area (Å²) in [5.74, 6) is -1.79. The third kappa shape index (κ3) is 3.06. The normalized spacial score (nSPS) is 23.4. The number of carboxylic acids is 1. The number of nitrogens with two attached hydrogens (primary N) is 1. The minimum atomic E-state index is -1.21. The molecule has 2 aliphatic heterocycles. The number of thiocarbonyl (C=S) groups is 1. The predicted molar refractivity (Wildman–Crippen MR) is 96.7 cm³/mol. The van der Waals surface area contributed by atoms with Crippen LogP contribution in [0.3, 0.4) is 0 Å². The molecule has 0 spiro atoms. The molecule has 0 saturated carbocycles. The third-order valence-corrected chi connectivity index (χ3v) is 5.67. The number of rotatable bonds is 5. The molecule has 130 valence electrons. The van der Waals surface area contributed by atoms with Gasteiger partial charge in [0.05, 0.1) is 0 Å². The van der Waals surface area contributed by atoms with Crippen LogP contribution < -0.4 is 11.1 Å². The summed E-state index contributed by atoms with van der Waals surface area (Å²) in [5.41, 5.74) is 6.88. The molecule has 0 aromatic heterocycles. The Hall–Kier alpha value is -2.23. The molecule has 9 heteroatoms. The van der Waals surface area contributed by atoms with E-state index in [0.29, 0.717) is 16.9 Å². The van der Waals surface area contributed by atoms with E-state index in [1.165, 1.54) is 22.0 Å². The molecule has 3 rings (SSSR count). The summed E-state index contributed by atoms with van der Waals surface area (Å²) in [5, 5.41) is 12.8. The molecular formula is C16H15N3O4S2. The van der Waals surface area contributed by atoms with E-state index < -0.39 is 35.2 Å². The molecule has 3 atom stereocenters. The molecule has 1 aromatic carbocycles. The van der Waals surface area contributed by atoms with Gasteiger partial charge in [-0.2, -0.15) is 0 Å². The van der Waals surface area contributed by atoms with Crippen molar-refractivity contribution in [3.63, 3.8) is 0 Å². The van der Waals surface area contributed by atoms with Gasteiger partial charge in [0, 0.05) is 16.7 Å². The van der Waals surface area contributed by atoms with Crippen molar-refractivity contribution in [1.82, 2.24) is 10.2 Å². The second-order valence-corrected chi connectivity index (χ2v) is 6.92. The van der Waals surface area contributed by atoms with Gasteiger partial charge in [-0.3, -0.25) is 14.5 Å². The Balaban J connectivity index is 1.74. The van der Waals surface area contributed by atoms with Gasteiger partial charge in [0.25, 0.3) is 5.91 Å². The summed E-state index contributed by atoms with van der Waals surface area (Å²) in [6.45, 7) is 0. The highest BCUT2D eigenvalue weighted by molar-refractivity contribution is 8.00. The van der Waals surface area contributed by atoms with Crippen LogP contribution >= 0.6 is 24.0 Å². The molecule has 1 saturated heterocycles. The van der Waals surface area contributed by atoms with Crippen LogP contribution in [0.25, 0.3) is 0 Å². The summed E-state index contributed by atoms with van der Waals surface area (Å²) in [6, 6.07) is 7.11. The van der Waals surface area contributed by atoms with E-state index in [9.17, 15) is 19.5 Å². The number of carbonyl (C=O) groups excluding carboxylic acids is 2. The Morgan fingerprint density at radius 3 is 2.68 bits per heavy atom. The first-order valence-electron chi connectivity index (χ1n) is 7.43. The van der Waals surface area contributed by atoms with E-state index in [0.717, 1.165) is 0 Å². The molecule has 7 nitrogen and oxygen atoms in total. The van der Waals surface area contributed by atoms with Gasteiger partial charge >= 0.3 is 5.97 Å². The first kappa shape index (κ1) is 17.6. The maximum atomic E-state index is 12.4. The number of fused-ring (bicyclic) bond motifs is 1. The van der Waals surface area contributed by atoms with Gasteiger partial charge in [0.1, 0.15) is 23.2 Å². The lowest BCUT2D eigenvalue weighted by molar-refractivity contribution is -0.150. The number of nitrogens with zero attached hydrogens (tertiary/aromatic N) is 1. The van der Waals surface area contributed by atoms with Crippen LogP contribution in [0, 0.1) is 0 Å². The molecule has 25 heavy (non-hydrogen) atoms. The van der Waals surface area contributed by atoms with Crippen molar-refractivity contribution in [2.24, 2.45) is 5.73 Å². The minimum Gasteiger partial charge on any atom is -0.477 e. The number of aliphatic carboxylic acids is 1. The summed E-state index contributed by atoms with van der Waals surface area (Å²) < 4.78 is 0.